The molecule has 0 aliphatic heterocycles. The molecule has 0 bridgehead atoms. The molecule has 0 aromatic heterocycles. The van der Waals surface area contributed by atoms with Gasteiger partial charge in [0.25, 0.3) is 0 Å². The first-order valence-corrected chi connectivity index (χ1v) is 7.05. The van der Waals surface area contributed by atoms with Crippen LogP contribution in [0, 0.1) is 0 Å². The predicted octanol–water partition coefficient (Wildman–Crippen LogP) is 5.24. The highest BCUT2D eigenvalue weighted by atomic mass is 14.2. The quantitative estimate of drug-likeness (QED) is 0.613. The first kappa shape index (κ1) is 11.5. The summed E-state index contributed by atoms with van der Waals surface area (Å²) in [7, 11) is 0. The van der Waals surface area contributed by atoms with Crippen molar-refractivity contribution in [2.24, 2.45) is 0 Å². The van der Waals surface area contributed by atoms with Crippen LogP contribution in [-0.4, -0.2) is 0 Å². The molecule has 0 fully saturated rings. The third-order valence-corrected chi connectivity index (χ3v) is 4.01. The maximum atomic E-state index is 2.38. The number of fused-ring (bicyclic) bond motifs is 1. The van der Waals surface area contributed by atoms with Crippen molar-refractivity contribution in [3.05, 3.63) is 65.3 Å². The standard InChI is InChI=1S/C18H20/c1-2-8-15(7-1)9-3-4-10-16-13-14-17-11-5-6-12-18(16)17/h1-2,5-7,11-14,16H,3-4,8-10H2. The minimum Gasteiger partial charge on any atom is -0.0805 e. The van der Waals surface area contributed by atoms with Crippen molar-refractivity contribution in [2.45, 2.75) is 38.0 Å². The topological polar surface area (TPSA) is 0 Å². The summed E-state index contributed by atoms with van der Waals surface area (Å²) in [4.78, 5) is 0. The molecule has 0 heterocycles. The summed E-state index contributed by atoms with van der Waals surface area (Å²) in [6.45, 7) is 0. The van der Waals surface area contributed by atoms with E-state index in [0.29, 0.717) is 5.92 Å². The molecule has 92 valence electrons. The molecule has 0 nitrogen and oxygen atoms in total. The first-order valence-electron chi connectivity index (χ1n) is 7.05. The molecule has 1 aromatic rings. The zero-order valence-electron chi connectivity index (χ0n) is 10.8. The Bertz CT molecular complexity index is 503. The van der Waals surface area contributed by atoms with Crippen LogP contribution < -0.4 is 0 Å². The van der Waals surface area contributed by atoms with Crippen molar-refractivity contribution in [2.75, 3.05) is 0 Å². The van der Waals surface area contributed by atoms with Gasteiger partial charge >= 0.3 is 0 Å². The fourth-order valence-corrected chi connectivity index (χ4v) is 2.97. The summed E-state index contributed by atoms with van der Waals surface area (Å²) < 4.78 is 0. The van der Waals surface area contributed by atoms with Gasteiger partial charge in [-0.2, -0.15) is 0 Å². The maximum Gasteiger partial charge on any atom is 0.00272 e. The summed E-state index contributed by atoms with van der Waals surface area (Å²) in [6, 6.07) is 8.79. The summed E-state index contributed by atoms with van der Waals surface area (Å²) in [6.07, 6.45) is 17.8. The Labute approximate surface area is 110 Å². The molecule has 1 aromatic carbocycles. The largest absolute Gasteiger partial charge is 0.0805 e. The number of allylic oxidation sites excluding steroid dienone is 5. The second-order valence-corrected chi connectivity index (χ2v) is 5.30. The van der Waals surface area contributed by atoms with Crippen LogP contribution in [0.2, 0.25) is 0 Å². The van der Waals surface area contributed by atoms with Crippen LogP contribution in [0.1, 0.15) is 49.1 Å². The lowest BCUT2D eigenvalue weighted by atomic mass is 9.94. The van der Waals surface area contributed by atoms with Crippen LogP contribution in [0.25, 0.3) is 6.08 Å². The van der Waals surface area contributed by atoms with Crippen LogP contribution in [-0.2, 0) is 0 Å². The molecule has 1 unspecified atom stereocenters. The van der Waals surface area contributed by atoms with Gasteiger partial charge in [-0.05, 0) is 36.8 Å². The first-order chi connectivity index (χ1) is 8.93. The molecule has 0 N–H and O–H groups in total. The summed E-state index contributed by atoms with van der Waals surface area (Å²) in [5.74, 6) is 0.664. The SMILES string of the molecule is C1=CCC(CCCCC2C=Cc3ccccc32)=C1. The third-order valence-electron chi connectivity index (χ3n) is 4.01. The van der Waals surface area contributed by atoms with Crippen molar-refractivity contribution in [3.63, 3.8) is 0 Å². The molecule has 2 aliphatic rings. The van der Waals surface area contributed by atoms with Gasteiger partial charge in [-0.3, -0.25) is 0 Å². The van der Waals surface area contributed by atoms with Crippen LogP contribution in [0.15, 0.2) is 54.1 Å². The lowest BCUT2D eigenvalue weighted by Crippen LogP contribution is -1.93. The molecular formula is C18H20. The molecule has 3 rings (SSSR count). The average Bonchev–Trinajstić information content (AvgIpc) is 3.04. The van der Waals surface area contributed by atoms with E-state index in [1.165, 1.54) is 43.2 Å². The van der Waals surface area contributed by atoms with Crippen molar-refractivity contribution < 1.29 is 0 Å². The molecule has 2 aliphatic carbocycles. The number of hydrogen-bond donors (Lipinski definition) is 0. The normalized spacial score (nSPS) is 20.2. The van der Waals surface area contributed by atoms with E-state index in [-0.39, 0.29) is 0 Å². The average molecular weight is 236 g/mol. The fraction of sp³-hybridized carbons (Fsp3) is 0.333. The minimum atomic E-state index is 0.664. The molecule has 0 amide bonds. The summed E-state index contributed by atoms with van der Waals surface area (Å²) >= 11 is 0. The van der Waals surface area contributed by atoms with Gasteiger partial charge in [-0.1, -0.05) is 66.6 Å². The van der Waals surface area contributed by atoms with Gasteiger partial charge in [0.15, 0.2) is 0 Å². The Morgan fingerprint density at radius 1 is 1.11 bits per heavy atom. The molecule has 0 radical (unpaired) electrons. The molecule has 1 atom stereocenters. The Kier molecular flexibility index (Phi) is 3.45. The Hall–Kier alpha value is -1.56. The smallest absolute Gasteiger partial charge is 0.00272 e. The van der Waals surface area contributed by atoms with Gasteiger partial charge in [0.2, 0.25) is 0 Å². The Morgan fingerprint density at radius 2 is 2.06 bits per heavy atom. The van der Waals surface area contributed by atoms with E-state index >= 15 is 0 Å². The van der Waals surface area contributed by atoms with Gasteiger partial charge in [0.1, 0.15) is 0 Å². The highest BCUT2D eigenvalue weighted by Crippen LogP contribution is 2.33. The minimum absolute atomic E-state index is 0.664. The van der Waals surface area contributed by atoms with Crippen molar-refractivity contribution >= 4 is 6.08 Å². The van der Waals surface area contributed by atoms with Gasteiger partial charge in [0, 0.05) is 5.92 Å². The lowest BCUT2D eigenvalue weighted by Gasteiger charge is -2.10. The Balaban J connectivity index is 1.46. The number of rotatable bonds is 5. The third kappa shape index (κ3) is 2.48. The zero-order valence-corrected chi connectivity index (χ0v) is 10.8. The van der Waals surface area contributed by atoms with Crippen LogP contribution >= 0.6 is 0 Å². The van der Waals surface area contributed by atoms with E-state index in [4.69, 9.17) is 0 Å². The van der Waals surface area contributed by atoms with Crippen LogP contribution in [0.5, 0.6) is 0 Å². The van der Waals surface area contributed by atoms with Crippen molar-refractivity contribution in [3.8, 4) is 0 Å². The second-order valence-electron chi connectivity index (χ2n) is 5.30. The van der Waals surface area contributed by atoms with Gasteiger partial charge in [-0.15, -0.1) is 0 Å². The van der Waals surface area contributed by atoms with Crippen molar-refractivity contribution in [1.82, 2.24) is 0 Å². The predicted molar refractivity (Wildman–Crippen MR) is 78.5 cm³/mol. The monoisotopic (exact) mass is 236 g/mol. The van der Waals surface area contributed by atoms with Crippen LogP contribution in [0.4, 0.5) is 0 Å². The van der Waals surface area contributed by atoms with E-state index < -0.39 is 0 Å². The maximum absolute atomic E-state index is 2.38. The van der Waals surface area contributed by atoms with E-state index in [0.717, 1.165) is 0 Å². The molecule has 0 saturated heterocycles. The van der Waals surface area contributed by atoms with Crippen LogP contribution in [0.3, 0.4) is 0 Å². The Morgan fingerprint density at radius 3 is 2.94 bits per heavy atom. The molecule has 0 spiro atoms. The van der Waals surface area contributed by atoms with Gasteiger partial charge < -0.3 is 0 Å². The second kappa shape index (κ2) is 5.39. The fourth-order valence-electron chi connectivity index (χ4n) is 2.97. The van der Waals surface area contributed by atoms with Gasteiger partial charge in [-0.25, -0.2) is 0 Å². The molecular weight excluding hydrogens is 216 g/mol. The number of unbranched alkanes of at least 4 members (excludes halogenated alkanes) is 1. The number of benzene rings is 1. The van der Waals surface area contributed by atoms with Crippen molar-refractivity contribution in [1.29, 1.82) is 0 Å². The molecule has 0 heteroatoms. The van der Waals surface area contributed by atoms with Gasteiger partial charge in [0.05, 0.1) is 0 Å². The summed E-state index contributed by atoms with van der Waals surface area (Å²) in [5.41, 5.74) is 4.56. The van der Waals surface area contributed by atoms with E-state index in [2.05, 4.69) is 54.6 Å². The molecule has 18 heavy (non-hydrogen) atoms. The van der Waals surface area contributed by atoms with E-state index in [1.807, 2.05) is 0 Å². The summed E-state index contributed by atoms with van der Waals surface area (Å²) in [5, 5.41) is 0. The zero-order chi connectivity index (χ0) is 12.2. The highest BCUT2D eigenvalue weighted by Gasteiger charge is 2.15. The van der Waals surface area contributed by atoms with E-state index in [9.17, 15) is 0 Å². The molecule has 0 saturated carbocycles. The number of hydrogen-bond acceptors (Lipinski definition) is 0. The van der Waals surface area contributed by atoms with E-state index in [1.54, 1.807) is 5.57 Å². The highest BCUT2D eigenvalue weighted by molar-refractivity contribution is 5.62. The lowest BCUT2D eigenvalue weighted by molar-refractivity contribution is 0.637.